The zero-order valence-electron chi connectivity index (χ0n) is 20.0. The number of rotatable bonds is 15. The molecular formula is C30H42O2. The van der Waals surface area contributed by atoms with Crippen LogP contribution >= 0.6 is 0 Å². The molecule has 2 aromatic carbocycles. The molecular weight excluding hydrogens is 392 g/mol. The maximum absolute atomic E-state index is 11.3. The molecule has 0 radical (unpaired) electrons. The molecule has 2 heteroatoms. The Labute approximate surface area is 195 Å². The van der Waals surface area contributed by atoms with E-state index in [4.69, 9.17) is 0 Å². The third-order valence-corrected chi connectivity index (χ3v) is 6.00. The Morgan fingerprint density at radius 1 is 0.594 bits per heavy atom. The highest BCUT2D eigenvalue weighted by Crippen LogP contribution is 2.26. The van der Waals surface area contributed by atoms with Gasteiger partial charge in [-0.05, 0) is 48.0 Å². The van der Waals surface area contributed by atoms with Gasteiger partial charge < -0.3 is 10.2 Å². The minimum Gasteiger partial charge on any atom is -0.386 e. The maximum atomic E-state index is 11.3. The molecule has 0 aliphatic rings. The average Bonchev–Trinajstić information content (AvgIpc) is 2.83. The lowest BCUT2D eigenvalue weighted by atomic mass is 9.89. The lowest BCUT2D eigenvalue weighted by Gasteiger charge is -2.24. The highest BCUT2D eigenvalue weighted by Gasteiger charge is 2.24. The van der Waals surface area contributed by atoms with E-state index in [1.54, 1.807) is 0 Å². The van der Waals surface area contributed by atoms with Gasteiger partial charge in [-0.25, -0.2) is 0 Å². The second-order valence-corrected chi connectivity index (χ2v) is 8.77. The van der Waals surface area contributed by atoms with Crippen LogP contribution in [0.25, 0.3) is 12.2 Å². The summed E-state index contributed by atoms with van der Waals surface area (Å²) in [5, 5.41) is 22.6. The number of hydrogen-bond donors (Lipinski definition) is 2. The third-order valence-electron chi connectivity index (χ3n) is 6.00. The molecule has 2 N–H and O–H groups in total. The van der Waals surface area contributed by atoms with Crippen molar-refractivity contribution in [3.05, 3.63) is 82.9 Å². The number of aliphatic hydroxyl groups is 2. The van der Waals surface area contributed by atoms with Gasteiger partial charge in [-0.15, -0.1) is 0 Å². The van der Waals surface area contributed by atoms with Gasteiger partial charge in [0, 0.05) is 0 Å². The first-order chi connectivity index (χ1) is 15.7. The molecule has 0 amide bonds. The zero-order valence-corrected chi connectivity index (χ0v) is 20.0. The van der Waals surface area contributed by atoms with Gasteiger partial charge in [-0.1, -0.05) is 125 Å². The van der Waals surface area contributed by atoms with Gasteiger partial charge in [0.25, 0.3) is 0 Å². The quantitative estimate of drug-likeness (QED) is 0.281. The molecule has 2 atom stereocenters. The van der Waals surface area contributed by atoms with Crippen molar-refractivity contribution >= 4 is 12.2 Å². The maximum Gasteiger partial charge on any atom is 0.105 e. The van der Waals surface area contributed by atoms with E-state index >= 15 is 0 Å². The molecule has 0 spiro atoms. The normalized spacial score (nSPS) is 14.4. The summed E-state index contributed by atoms with van der Waals surface area (Å²) in [5.74, 6) is 0. The first-order valence-corrected chi connectivity index (χ1v) is 12.5. The van der Waals surface area contributed by atoms with E-state index in [-0.39, 0.29) is 0 Å². The Kier molecular flexibility index (Phi) is 12.7. The molecule has 2 aromatic rings. The molecule has 0 saturated carbocycles. The van der Waals surface area contributed by atoms with E-state index < -0.39 is 12.2 Å². The van der Waals surface area contributed by atoms with Gasteiger partial charge in [0.15, 0.2) is 0 Å². The number of benzene rings is 2. The van der Waals surface area contributed by atoms with Crippen LogP contribution in [0.5, 0.6) is 0 Å². The van der Waals surface area contributed by atoms with Crippen LogP contribution in [0, 0.1) is 0 Å². The van der Waals surface area contributed by atoms with Crippen molar-refractivity contribution < 1.29 is 10.2 Å². The summed E-state index contributed by atoms with van der Waals surface area (Å²) in [6, 6.07) is 20.3. The van der Waals surface area contributed by atoms with Crippen molar-refractivity contribution in [2.45, 2.75) is 90.3 Å². The summed E-state index contributed by atoms with van der Waals surface area (Å²) in [6.07, 6.45) is 13.1. The van der Waals surface area contributed by atoms with Crippen LogP contribution in [0.4, 0.5) is 0 Å². The molecule has 2 nitrogen and oxygen atoms in total. The van der Waals surface area contributed by atoms with Crippen molar-refractivity contribution in [1.29, 1.82) is 0 Å². The van der Waals surface area contributed by atoms with Crippen molar-refractivity contribution in [3.8, 4) is 0 Å². The summed E-state index contributed by atoms with van der Waals surface area (Å²) in [7, 11) is 0. The van der Waals surface area contributed by atoms with Crippen LogP contribution in [0.1, 0.15) is 89.2 Å². The van der Waals surface area contributed by atoms with Crippen LogP contribution in [-0.2, 0) is 0 Å². The number of aliphatic hydroxyl groups excluding tert-OH is 2. The Balaban J connectivity index is 2.24. The summed E-state index contributed by atoms with van der Waals surface area (Å²) in [5.41, 5.74) is 3.99. The Hall–Kier alpha value is -2.16. The molecule has 0 saturated heterocycles. The van der Waals surface area contributed by atoms with Crippen LogP contribution in [-0.4, -0.2) is 22.4 Å². The average molecular weight is 435 g/mol. The predicted octanol–water partition coefficient (Wildman–Crippen LogP) is 7.82. The summed E-state index contributed by atoms with van der Waals surface area (Å²) in [6.45, 7) is 4.41. The number of unbranched alkanes of at least 4 members (excludes halogenated alkanes) is 6. The fourth-order valence-corrected chi connectivity index (χ4v) is 4.05. The van der Waals surface area contributed by atoms with Crippen LogP contribution in [0.3, 0.4) is 0 Å². The zero-order chi connectivity index (χ0) is 23.0. The van der Waals surface area contributed by atoms with E-state index in [0.717, 1.165) is 60.8 Å². The van der Waals surface area contributed by atoms with Crippen LogP contribution in [0.2, 0.25) is 0 Å². The second kappa shape index (κ2) is 15.6. The van der Waals surface area contributed by atoms with Crippen molar-refractivity contribution in [1.82, 2.24) is 0 Å². The second-order valence-electron chi connectivity index (χ2n) is 8.77. The third kappa shape index (κ3) is 9.54. The lowest BCUT2D eigenvalue weighted by Crippen LogP contribution is -2.30. The smallest absolute Gasteiger partial charge is 0.105 e. The molecule has 0 fully saturated rings. The molecule has 2 rings (SSSR count). The first-order valence-electron chi connectivity index (χ1n) is 12.5. The molecule has 0 aliphatic heterocycles. The highest BCUT2D eigenvalue weighted by atomic mass is 16.3. The van der Waals surface area contributed by atoms with E-state index in [1.165, 1.54) is 25.7 Å². The summed E-state index contributed by atoms with van der Waals surface area (Å²) >= 11 is 0. The van der Waals surface area contributed by atoms with Gasteiger partial charge in [0.2, 0.25) is 0 Å². The van der Waals surface area contributed by atoms with Gasteiger partial charge in [-0.3, -0.25) is 0 Å². The molecule has 0 aromatic heterocycles. The van der Waals surface area contributed by atoms with E-state index in [1.807, 2.05) is 36.4 Å². The van der Waals surface area contributed by atoms with Crippen molar-refractivity contribution in [2.75, 3.05) is 0 Å². The first kappa shape index (κ1) is 26.1. The van der Waals surface area contributed by atoms with E-state index in [0.29, 0.717) is 0 Å². The largest absolute Gasteiger partial charge is 0.386 e. The predicted molar refractivity (Wildman–Crippen MR) is 138 cm³/mol. The van der Waals surface area contributed by atoms with Crippen molar-refractivity contribution in [2.24, 2.45) is 0 Å². The monoisotopic (exact) mass is 434 g/mol. The standard InChI is InChI=1S/C30H42O2/c1-3-5-7-15-21-27(23-25-17-11-9-12-18-25)29(31)30(32)28(22-16-8-6-4-2)24-26-19-13-10-14-20-26/h9-14,17-20,23-24,29-32H,3-8,15-16,21-22H2,1-2H3. The van der Waals surface area contributed by atoms with Gasteiger partial charge in [0.1, 0.15) is 12.2 Å². The van der Waals surface area contributed by atoms with Gasteiger partial charge in [-0.2, -0.15) is 0 Å². The minimum absolute atomic E-state index is 0.807. The van der Waals surface area contributed by atoms with Crippen molar-refractivity contribution in [3.63, 3.8) is 0 Å². The Bertz CT molecular complexity index is 723. The Morgan fingerprint density at radius 2 is 0.969 bits per heavy atom. The summed E-state index contributed by atoms with van der Waals surface area (Å²) < 4.78 is 0. The molecule has 2 unspecified atom stereocenters. The van der Waals surface area contributed by atoms with Gasteiger partial charge in [0.05, 0.1) is 0 Å². The van der Waals surface area contributed by atoms with Crippen LogP contribution < -0.4 is 0 Å². The van der Waals surface area contributed by atoms with Crippen LogP contribution in [0.15, 0.2) is 71.8 Å². The summed E-state index contributed by atoms with van der Waals surface area (Å²) in [4.78, 5) is 0. The minimum atomic E-state index is -0.891. The molecule has 0 heterocycles. The topological polar surface area (TPSA) is 40.5 Å². The SMILES string of the molecule is CCCCCCC(=Cc1ccccc1)C(O)C(O)C(=Cc1ccccc1)CCCCCC. The molecule has 32 heavy (non-hydrogen) atoms. The fraction of sp³-hybridized carbons (Fsp3) is 0.467. The van der Waals surface area contributed by atoms with E-state index in [9.17, 15) is 10.2 Å². The fourth-order valence-electron chi connectivity index (χ4n) is 4.05. The molecule has 0 bridgehead atoms. The lowest BCUT2D eigenvalue weighted by molar-refractivity contribution is 0.0624. The number of hydrogen-bond acceptors (Lipinski definition) is 2. The molecule has 174 valence electrons. The highest BCUT2D eigenvalue weighted by molar-refractivity contribution is 5.57. The van der Waals surface area contributed by atoms with E-state index in [2.05, 4.69) is 50.3 Å². The Morgan fingerprint density at radius 3 is 1.31 bits per heavy atom. The van der Waals surface area contributed by atoms with Gasteiger partial charge >= 0.3 is 0 Å². The molecule has 0 aliphatic carbocycles.